The molecular weight excluding hydrogens is 262 g/mol. The van der Waals surface area contributed by atoms with Crippen molar-refractivity contribution >= 4 is 11.6 Å². The highest BCUT2D eigenvalue weighted by Gasteiger charge is 2.25. The fourth-order valence-corrected chi connectivity index (χ4v) is 3.10. The molecule has 0 radical (unpaired) electrons. The first-order chi connectivity index (χ1) is 10.3. The van der Waals surface area contributed by atoms with Crippen LogP contribution in [0.3, 0.4) is 0 Å². The van der Waals surface area contributed by atoms with Crippen LogP contribution in [0.25, 0.3) is 5.65 Å². The molecule has 0 atom stereocenters. The second kappa shape index (κ2) is 5.30. The van der Waals surface area contributed by atoms with Crippen LogP contribution in [0.4, 0.5) is 5.95 Å². The molecule has 1 aliphatic carbocycles. The molecule has 112 valence electrons. The van der Waals surface area contributed by atoms with Crippen LogP contribution in [0.1, 0.15) is 31.4 Å². The zero-order valence-electron chi connectivity index (χ0n) is 12.6. The number of nitrogens with zero attached hydrogens (tertiary/aromatic N) is 4. The molecule has 2 aromatic heterocycles. The number of fused-ring (bicyclic) bond motifs is 1. The summed E-state index contributed by atoms with van der Waals surface area (Å²) in [6, 6.07) is 6.81. The summed E-state index contributed by atoms with van der Waals surface area (Å²) in [6.45, 7) is 5.40. The quantitative estimate of drug-likeness (QED) is 0.933. The van der Waals surface area contributed by atoms with E-state index >= 15 is 0 Å². The topological polar surface area (TPSA) is 45.5 Å². The van der Waals surface area contributed by atoms with E-state index in [-0.39, 0.29) is 0 Å². The second-order valence-corrected chi connectivity index (χ2v) is 6.46. The molecule has 0 amide bonds. The number of hydrogen-bond donors (Lipinski definition) is 1. The molecule has 2 aliphatic rings. The third kappa shape index (κ3) is 2.75. The lowest BCUT2D eigenvalue weighted by Crippen LogP contribution is -2.43. The monoisotopic (exact) mass is 285 g/mol. The van der Waals surface area contributed by atoms with Crippen molar-refractivity contribution in [3.63, 3.8) is 0 Å². The molecule has 1 saturated carbocycles. The summed E-state index contributed by atoms with van der Waals surface area (Å²) in [4.78, 5) is 6.99. The summed E-state index contributed by atoms with van der Waals surface area (Å²) < 4.78 is 1.94. The standard InChI is InChI=1S/C16H23N5/c1-12-3-2-4-15-18-16(19-21(12)15)20-9-7-14(8-10-20)17-11-13-5-6-13/h2-4,13-14,17H,5-11H2,1H3. The van der Waals surface area contributed by atoms with Crippen LogP contribution in [0.5, 0.6) is 0 Å². The number of anilines is 1. The molecule has 5 nitrogen and oxygen atoms in total. The maximum atomic E-state index is 4.66. The Bertz CT molecular complexity index is 623. The molecule has 0 bridgehead atoms. The van der Waals surface area contributed by atoms with E-state index in [1.165, 1.54) is 32.2 Å². The van der Waals surface area contributed by atoms with Crippen molar-refractivity contribution in [1.82, 2.24) is 19.9 Å². The van der Waals surface area contributed by atoms with Crippen molar-refractivity contribution in [3.05, 3.63) is 23.9 Å². The molecule has 3 heterocycles. The normalized spacial score (nSPS) is 20.3. The zero-order chi connectivity index (χ0) is 14.2. The minimum absolute atomic E-state index is 0.681. The van der Waals surface area contributed by atoms with Crippen LogP contribution in [0, 0.1) is 12.8 Å². The summed E-state index contributed by atoms with van der Waals surface area (Å²) in [7, 11) is 0. The Morgan fingerprint density at radius 3 is 2.71 bits per heavy atom. The lowest BCUT2D eigenvalue weighted by Gasteiger charge is -2.31. The molecule has 1 aliphatic heterocycles. The minimum Gasteiger partial charge on any atom is -0.339 e. The van der Waals surface area contributed by atoms with Crippen molar-refractivity contribution in [3.8, 4) is 0 Å². The molecule has 0 aromatic carbocycles. The fourth-order valence-electron chi connectivity index (χ4n) is 3.10. The number of rotatable bonds is 4. The molecule has 4 rings (SSSR count). The van der Waals surface area contributed by atoms with Crippen molar-refractivity contribution < 1.29 is 0 Å². The lowest BCUT2D eigenvalue weighted by atomic mass is 10.1. The number of pyridine rings is 1. The van der Waals surface area contributed by atoms with Gasteiger partial charge in [-0.15, -0.1) is 5.10 Å². The van der Waals surface area contributed by atoms with E-state index in [4.69, 9.17) is 0 Å². The van der Waals surface area contributed by atoms with Crippen LogP contribution in [0.2, 0.25) is 0 Å². The van der Waals surface area contributed by atoms with Crippen LogP contribution in [0.15, 0.2) is 18.2 Å². The summed E-state index contributed by atoms with van der Waals surface area (Å²) in [6.07, 6.45) is 5.25. The van der Waals surface area contributed by atoms with E-state index in [1.54, 1.807) is 0 Å². The van der Waals surface area contributed by atoms with E-state index in [2.05, 4.69) is 33.3 Å². The first kappa shape index (κ1) is 13.1. The SMILES string of the molecule is Cc1cccc2nc(N3CCC(NCC4CC4)CC3)nn12. The number of piperidine rings is 1. The fraction of sp³-hybridized carbons (Fsp3) is 0.625. The summed E-state index contributed by atoms with van der Waals surface area (Å²) in [5.74, 6) is 1.84. The van der Waals surface area contributed by atoms with Gasteiger partial charge < -0.3 is 10.2 Å². The van der Waals surface area contributed by atoms with Crippen molar-refractivity contribution in [2.45, 2.75) is 38.6 Å². The van der Waals surface area contributed by atoms with Gasteiger partial charge in [0.1, 0.15) is 0 Å². The molecule has 1 saturated heterocycles. The van der Waals surface area contributed by atoms with Gasteiger partial charge in [0.05, 0.1) is 0 Å². The maximum absolute atomic E-state index is 4.66. The zero-order valence-corrected chi connectivity index (χ0v) is 12.6. The third-order valence-electron chi connectivity index (χ3n) is 4.71. The Labute approximate surface area is 125 Å². The average Bonchev–Trinajstić information content (AvgIpc) is 3.23. The third-order valence-corrected chi connectivity index (χ3v) is 4.71. The van der Waals surface area contributed by atoms with E-state index in [0.717, 1.165) is 36.3 Å². The molecule has 5 heteroatoms. The number of aromatic nitrogens is 3. The van der Waals surface area contributed by atoms with E-state index in [9.17, 15) is 0 Å². The number of hydrogen-bond acceptors (Lipinski definition) is 4. The van der Waals surface area contributed by atoms with Gasteiger partial charge in [0, 0.05) is 24.8 Å². The Morgan fingerprint density at radius 2 is 2.00 bits per heavy atom. The predicted molar refractivity (Wildman–Crippen MR) is 83.7 cm³/mol. The van der Waals surface area contributed by atoms with Gasteiger partial charge in [-0.25, -0.2) is 4.52 Å². The first-order valence-electron chi connectivity index (χ1n) is 8.10. The van der Waals surface area contributed by atoms with Crippen LogP contribution < -0.4 is 10.2 Å². The summed E-state index contributed by atoms with van der Waals surface area (Å²) >= 11 is 0. The van der Waals surface area contributed by atoms with Crippen molar-refractivity contribution in [2.75, 3.05) is 24.5 Å². The largest absolute Gasteiger partial charge is 0.339 e. The Hall–Kier alpha value is -1.62. The van der Waals surface area contributed by atoms with Crippen LogP contribution in [-0.2, 0) is 0 Å². The van der Waals surface area contributed by atoms with Gasteiger partial charge in [0.2, 0.25) is 5.95 Å². The molecule has 1 N–H and O–H groups in total. The average molecular weight is 285 g/mol. The molecular formula is C16H23N5. The first-order valence-corrected chi connectivity index (χ1v) is 8.10. The van der Waals surface area contributed by atoms with Crippen molar-refractivity contribution in [1.29, 1.82) is 0 Å². The number of nitrogens with one attached hydrogen (secondary N) is 1. The Kier molecular flexibility index (Phi) is 3.30. The highest BCUT2D eigenvalue weighted by molar-refractivity contribution is 5.45. The van der Waals surface area contributed by atoms with Gasteiger partial charge in [-0.05, 0) is 57.2 Å². The molecule has 0 unspecified atom stereocenters. The van der Waals surface area contributed by atoms with Gasteiger partial charge in [-0.3, -0.25) is 0 Å². The smallest absolute Gasteiger partial charge is 0.245 e. The highest BCUT2D eigenvalue weighted by Crippen LogP contribution is 2.28. The van der Waals surface area contributed by atoms with Gasteiger partial charge in [-0.1, -0.05) is 6.07 Å². The summed E-state index contributed by atoms with van der Waals surface area (Å²) in [5.41, 5.74) is 2.08. The second-order valence-electron chi connectivity index (χ2n) is 6.46. The van der Waals surface area contributed by atoms with E-state index in [1.807, 2.05) is 16.6 Å². The van der Waals surface area contributed by atoms with Gasteiger partial charge in [-0.2, -0.15) is 4.98 Å². The number of aryl methyl sites for hydroxylation is 1. The van der Waals surface area contributed by atoms with Crippen LogP contribution >= 0.6 is 0 Å². The molecule has 0 spiro atoms. The van der Waals surface area contributed by atoms with Crippen molar-refractivity contribution in [2.24, 2.45) is 5.92 Å². The van der Waals surface area contributed by atoms with Gasteiger partial charge in [0.25, 0.3) is 0 Å². The maximum Gasteiger partial charge on any atom is 0.245 e. The Morgan fingerprint density at radius 1 is 1.19 bits per heavy atom. The Balaban J connectivity index is 1.41. The van der Waals surface area contributed by atoms with Crippen LogP contribution in [-0.4, -0.2) is 40.3 Å². The molecule has 2 fully saturated rings. The minimum atomic E-state index is 0.681. The molecule has 21 heavy (non-hydrogen) atoms. The highest BCUT2D eigenvalue weighted by atomic mass is 15.4. The predicted octanol–water partition coefficient (Wildman–Crippen LogP) is 2.01. The van der Waals surface area contributed by atoms with E-state index < -0.39 is 0 Å². The van der Waals surface area contributed by atoms with Gasteiger partial charge in [0.15, 0.2) is 5.65 Å². The van der Waals surface area contributed by atoms with Gasteiger partial charge >= 0.3 is 0 Å². The lowest BCUT2D eigenvalue weighted by molar-refractivity contribution is 0.406. The van der Waals surface area contributed by atoms with E-state index in [0.29, 0.717) is 6.04 Å². The summed E-state index contributed by atoms with van der Waals surface area (Å²) in [5, 5.41) is 8.37. The molecule has 2 aromatic rings.